The zero-order valence-electron chi connectivity index (χ0n) is 13.2. The summed E-state index contributed by atoms with van der Waals surface area (Å²) in [4.78, 5) is 11.3. The Morgan fingerprint density at radius 2 is 1.89 bits per heavy atom. The van der Waals surface area contributed by atoms with Crippen LogP contribution >= 0.6 is 0 Å². The molecule has 0 aliphatic carbocycles. The second kappa shape index (κ2) is 7.00. The van der Waals surface area contributed by atoms with E-state index in [1.54, 1.807) is 13.0 Å². The van der Waals surface area contributed by atoms with Crippen molar-refractivity contribution in [1.82, 2.24) is 0 Å². The van der Waals surface area contributed by atoms with Crippen molar-refractivity contribution in [2.75, 3.05) is 6.61 Å². The molecule has 4 nitrogen and oxygen atoms in total. The van der Waals surface area contributed by atoms with Gasteiger partial charge in [0, 0.05) is 0 Å². The zero-order valence-corrected chi connectivity index (χ0v) is 14.2. The lowest BCUT2D eigenvalue weighted by atomic mass is 10.2. The number of rotatable bonds is 6. The van der Waals surface area contributed by atoms with Crippen LogP contribution in [0.1, 0.15) is 34.6 Å². The lowest BCUT2D eigenvalue weighted by molar-refractivity contribution is -0.135. The molecular formula is C14H27NO3Si. The maximum atomic E-state index is 11.3. The first-order chi connectivity index (χ1) is 8.51. The summed E-state index contributed by atoms with van der Waals surface area (Å²) in [6, 6.07) is 0. The fourth-order valence-electron chi connectivity index (χ4n) is 1.19. The molecule has 0 fully saturated rings. The fourth-order valence-corrected chi connectivity index (χ4v) is 2.55. The average Bonchev–Trinajstić information content (AvgIpc) is 2.24. The third-order valence-corrected chi connectivity index (χ3v) is 7.89. The highest BCUT2D eigenvalue weighted by Crippen LogP contribution is 2.37. The topological polar surface area (TPSA) is 59.4 Å². The molecule has 0 rings (SSSR count). The molecule has 0 aromatic rings. The van der Waals surface area contributed by atoms with Crippen LogP contribution in [0.5, 0.6) is 0 Å². The largest absolute Gasteiger partial charge is 0.461 e. The normalized spacial score (nSPS) is 14.5. The molecule has 0 radical (unpaired) electrons. The lowest BCUT2D eigenvalue weighted by Gasteiger charge is -2.37. The first-order valence-electron chi connectivity index (χ1n) is 6.63. The summed E-state index contributed by atoms with van der Waals surface area (Å²) in [7, 11) is -1.82. The van der Waals surface area contributed by atoms with Crippen LogP contribution in [-0.2, 0) is 14.0 Å². The maximum absolute atomic E-state index is 11.3. The number of hydrogen-bond donors (Lipinski definition) is 1. The Bertz CT molecular complexity index is 356. The van der Waals surface area contributed by atoms with Gasteiger partial charge in [-0.2, -0.15) is 0 Å². The van der Waals surface area contributed by atoms with Crippen molar-refractivity contribution in [2.24, 2.45) is 0 Å². The minimum atomic E-state index is -1.82. The van der Waals surface area contributed by atoms with E-state index in [1.165, 1.54) is 6.08 Å². The number of ether oxygens (including phenoxy) is 1. The predicted octanol–water partition coefficient (Wildman–Crippen LogP) is 3.54. The van der Waals surface area contributed by atoms with Gasteiger partial charge in [-0.3, -0.25) is 5.41 Å². The van der Waals surface area contributed by atoms with E-state index in [4.69, 9.17) is 14.6 Å². The quantitative estimate of drug-likeness (QED) is 0.461. The van der Waals surface area contributed by atoms with Gasteiger partial charge in [0.1, 0.15) is 5.71 Å². The van der Waals surface area contributed by atoms with E-state index in [9.17, 15) is 4.79 Å². The van der Waals surface area contributed by atoms with Crippen molar-refractivity contribution in [3.63, 3.8) is 0 Å². The Balaban J connectivity index is 4.51. The van der Waals surface area contributed by atoms with E-state index >= 15 is 0 Å². The zero-order chi connectivity index (χ0) is 15.3. The predicted molar refractivity (Wildman–Crippen MR) is 81.2 cm³/mol. The molecule has 0 heterocycles. The Labute approximate surface area is 117 Å². The molecule has 0 unspecified atom stereocenters. The molecule has 110 valence electrons. The summed E-state index contributed by atoms with van der Waals surface area (Å²) in [5, 5.41) is 7.68. The van der Waals surface area contributed by atoms with Crippen molar-refractivity contribution in [1.29, 1.82) is 5.41 Å². The van der Waals surface area contributed by atoms with Crippen LogP contribution in [0.2, 0.25) is 18.1 Å². The van der Waals surface area contributed by atoms with Crippen LogP contribution in [0.25, 0.3) is 0 Å². The minimum Gasteiger partial charge on any atom is -0.461 e. The summed E-state index contributed by atoms with van der Waals surface area (Å²) in [6.45, 7) is 14.8. The molecule has 0 bridgehead atoms. The summed E-state index contributed by atoms with van der Waals surface area (Å²) < 4.78 is 10.8. The van der Waals surface area contributed by atoms with E-state index in [-0.39, 0.29) is 23.5 Å². The van der Waals surface area contributed by atoms with Crippen LogP contribution in [-0.4, -0.2) is 32.7 Å². The summed E-state index contributed by atoms with van der Waals surface area (Å²) in [5.41, 5.74) is -0.146. The number of carbonyl (C=O) groups is 1. The highest BCUT2D eigenvalue weighted by Gasteiger charge is 2.38. The van der Waals surface area contributed by atoms with Gasteiger partial charge in [-0.1, -0.05) is 26.8 Å². The highest BCUT2D eigenvalue weighted by atomic mass is 28.4. The fraction of sp³-hybridized carbons (Fsp3) is 0.714. The number of hydrogen-bond acceptors (Lipinski definition) is 4. The van der Waals surface area contributed by atoms with Crippen molar-refractivity contribution in [3.8, 4) is 0 Å². The number of nitrogens with one attached hydrogen (secondary N) is 1. The van der Waals surface area contributed by atoms with Crippen LogP contribution < -0.4 is 0 Å². The Morgan fingerprint density at radius 3 is 2.32 bits per heavy atom. The van der Waals surface area contributed by atoms with Crippen molar-refractivity contribution >= 4 is 20.0 Å². The third kappa shape index (κ3) is 6.16. The van der Waals surface area contributed by atoms with Gasteiger partial charge in [-0.15, -0.1) is 0 Å². The van der Waals surface area contributed by atoms with Gasteiger partial charge in [-0.25, -0.2) is 4.79 Å². The Hall–Kier alpha value is -0.943. The SMILES string of the molecule is CCOC(=O)C(=N)/C=C/[C@@H](C)O[Si](C)(C)C(C)(C)C. The average molecular weight is 285 g/mol. The molecule has 0 spiro atoms. The van der Waals surface area contributed by atoms with E-state index < -0.39 is 14.3 Å². The first kappa shape index (κ1) is 18.1. The molecule has 0 saturated carbocycles. The molecule has 1 N–H and O–H groups in total. The minimum absolute atomic E-state index is 0.115. The molecule has 0 aromatic carbocycles. The van der Waals surface area contributed by atoms with Crippen LogP contribution in [0.15, 0.2) is 12.2 Å². The molecule has 0 aromatic heterocycles. The summed E-state index contributed by atoms with van der Waals surface area (Å²) >= 11 is 0. The highest BCUT2D eigenvalue weighted by molar-refractivity contribution is 6.74. The van der Waals surface area contributed by atoms with E-state index in [0.717, 1.165) is 0 Å². The van der Waals surface area contributed by atoms with Crippen molar-refractivity contribution in [2.45, 2.75) is 58.9 Å². The monoisotopic (exact) mass is 285 g/mol. The van der Waals surface area contributed by atoms with Gasteiger partial charge in [0.25, 0.3) is 0 Å². The van der Waals surface area contributed by atoms with Gasteiger partial charge >= 0.3 is 5.97 Å². The molecule has 5 heteroatoms. The van der Waals surface area contributed by atoms with Gasteiger partial charge in [0.15, 0.2) is 8.32 Å². The standard InChI is InChI=1S/C14H27NO3Si/c1-8-17-13(16)12(15)10-9-11(2)18-19(6,7)14(3,4)5/h9-11,15H,8H2,1-7H3/b10-9+,15-12?/t11-/m1/s1. The number of carbonyl (C=O) groups excluding carboxylic acids is 1. The van der Waals surface area contributed by atoms with E-state index in [1.807, 2.05) is 6.92 Å². The first-order valence-corrected chi connectivity index (χ1v) is 9.53. The van der Waals surface area contributed by atoms with Crippen LogP contribution in [0, 0.1) is 5.41 Å². The summed E-state index contributed by atoms with van der Waals surface area (Å²) in [5.74, 6) is -0.599. The Kier molecular flexibility index (Phi) is 6.66. The smallest absolute Gasteiger partial charge is 0.356 e. The molecule has 0 aliphatic heterocycles. The molecule has 0 aliphatic rings. The van der Waals surface area contributed by atoms with Gasteiger partial charge in [0.05, 0.1) is 12.7 Å². The molecule has 1 atom stereocenters. The van der Waals surface area contributed by atoms with Gasteiger partial charge in [0.2, 0.25) is 0 Å². The molecular weight excluding hydrogens is 258 g/mol. The van der Waals surface area contributed by atoms with Crippen molar-refractivity contribution < 1.29 is 14.0 Å². The van der Waals surface area contributed by atoms with Gasteiger partial charge in [-0.05, 0) is 38.1 Å². The second-order valence-corrected chi connectivity index (χ2v) is 10.8. The lowest BCUT2D eigenvalue weighted by Crippen LogP contribution is -2.42. The maximum Gasteiger partial charge on any atom is 0.356 e. The van der Waals surface area contributed by atoms with E-state index in [0.29, 0.717) is 0 Å². The Morgan fingerprint density at radius 1 is 1.37 bits per heavy atom. The third-order valence-electron chi connectivity index (χ3n) is 3.32. The number of esters is 1. The van der Waals surface area contributed by atoms with Gasteiger partial charge < -0.3 is 9.16 Å². The molecule has 0 saturated heterocycles. The summed E-state index contributed by atoms with van der Waals surface area (Å²) in [6.07, 6.45) is 3.07. The second-order valence-electron chi connectivity index (χ2n) is 6.08. The molecule has 0 amide bonds. The van der Waals surface area contributed by atoms with E-state index in [2.05, 4.69) is 33.9 Å². The van der Waals surface area contributed by atoms with Crippen molar-refractivity contribution in [3.05, 3.63) is 12.2 Å². The van der Waals surface area contributed by atoms with Crippen LogP contribution in [0.3, 0.4) is 0 Å². The molecule has 19 heavy (non-hydrogen) atoms. The van der Waals surface area contributed by atoms with Crippen LogP contribution in [0.4, 0.5) is 0 Å².